The average Bonchev–Trinajstić information content (AvgIpc) is 1.60. The van der Waals surface area contributed by atoms with Crippen molar-refractivity contribution in [2.24, 2.45) is 16.5 Å². The summed E-state index contributed by atoms with van der Waals surface area (Å²) in [5.41, 5.74) is 16.9. The Morgan fingerprint density at radius 2 is 1.41 bits per heavy atom. The summed E-state index contributed by atoms with van der Waals surface area (Å²) in [6.45, 7) is 9.73. The minimum Gasteiger partial charge on any atom is -0.481 e. The number of hydrogen-bond donors (Lipinski definition) is 12. The van der Waals surface area contributed by atoms with E-state index in [4.69, 9.17) is 26.2 Å². The number of hydrogen-bond acceptors (Lipinski definition) is 16. The minimum absolute atomic E-state index is 0.0201. The van der Waals surface area contributed by atoms with Crippen LogP contribution in [0.4, 0.5) is 0 Å². The Morgan fingerprint density at radius 3 is 2.07 bits per heavy atom. The Hall–Kier alpha value is -9.58. The molecule has 94 heavy (non-hydrogen) atoms. The molecule has 8 bridgehead atoms. The lowest BCUT2D eigenvalue weighted by atomic mass is 9.85. The van der Waals surface area contributed by atoms with Gasteiger partial charge in [0.2, 0.25) is 35.4 Å². The highest BCUT2D eigenvalue weighted by Gasteiger charge is 2.39. The van der Waals surface area contributed by atoms with Crippen molar-refractivity contribution >= 4 is 97.2 Å². The molecule has 1 saturated heterocycles. The molecule has 7 amide bonds. The first-order chi connectivity index (χ1) is 44.5. The van der Waals surface area contributed by atoms with Crippen LogP contribution in [0.25, 0.3) is 22.1 Å². The number of carboxylic acids is 1. The second kappa shape index (κ2) is 31.8. The van der Waals surface area contributed by atoms with Crippen LogP contribution in [0, 0.1) is 13.8 Å². The van der Waals surface area contributed by atoms with Gasteiger partial charge in [0.1, 0.15) is 24.2 Å². The molecule has 0 radical (unpaired) electrons. The smallest absolute Gasteiger partial charge is 0.310 e. The fourth-order valence-corrected chi connectivity index (χ4v) is 12.6. The number of likely N-dealkylation sites (N-methyl/N-ethyl adjacent to an activating group) is 1. The van der Waals surface area contributed by atoms with E-state index in [0.717, 1.165) is 4.90 Å². The van der Waals surface area contributed by atoms with Gasteiger partial charge in [-0.1, -0.05) is 51.1 Å². The number of aromatic amines is 2. The predicted molar refractivity (Wildman–Crippen MR) is 347 cm³/mol. The lowest BCUT2D eigenvalue weighted by Gasteiger charge is -2.32. The van der Waals surface area contributed by atoms with E-state index in [1.54, 1.807) is 56.3 Å². The zero-order chi connectivity index (χ0) is 68.9. The number of nitrogens with two attached hydrogens (primary N) is 2. The molecule has 3 aliphatic heterocycles. The number of carboxylic acid groups (broad SMARTS) is 1. The Morgan fingerprint density at radius 1 is 0.766 bits per heavy atom. The molecule has 0 aliphatic carbocycles. The van der Waals surface area contributed by atoms with Crippen molar-refractivity contribution in [3.63, 3.8) is 0 Å². The third-order valence-corrected chi connectivity index (χ3v) is 18.1. The van der Waals surface area contributed by atoms with Crippen molar-refractivity contribution in [2.75, 3.05) is 46.1 Å². The number of amides is 7. The normalized spacial score (nSPS) is 20.5. The van der Waals surface area contributed by atoms with Crippen molar-refractivity contribution < 1.29 is 70.8 Å². The lowest BCUT2D eigenvalue weighted by Crippen LogP contribution is -2.58. The first-order valence-corrected chi connectivity index (χ1v) is 32.7. The number of fused-ring (bicyclic) bond motifs is 8. The van der Waals surface area contributed by atoms with Crippen LogP contribution in [-0.2, 0) is 66.1 Å². The van der Waals surface area contributed by atoms with Crippen molar-refractivity contribution in [3.8, 4) is 0 Å². The number of H-pyrrole nitrogens is 2. The maximum Gasteiger partial charge on any atom is 0.310 e. The van der Waals surface area contributed by atoms with Gasteiger partial charge in [0.05, 0.1) is 54.5 Å². The Kier molecular flexibility index (Phi) is 24.3. The van der Waals surface area contributed by atoms with Gasteiger partial charge in [-0.3, -0.25) is 67.5 Å². The number of carbonyl (C=O) groups excluding carboxylic acids is 9. The fourth-order valence-electron chi connectivity index (χ4n) is 12.3. The molecule has 30 heteroatoms. The van der Waals surface area contributed by atoms with Crippen LogP contribution in [0.5, 0.6) is 0 Å². The number of methoxy groups -OCH3 is 1. The van der Waals surface area contributed by atoms with E-state index in [1.807, 2.05) is 26.8 Å². The highest BCUT2D eigenvalue weighted by Crippen LogP contribution is 2.43. The molecule has 0 unspecified atom stereocenters. The standard InChI is InChI=1S/C64H84N14O15S/c1-9-38-32(2)42-29-47-55(36(6)79)34(4)44(72-47)27-43-33(3)39(57(74-43)40(26-54(84)93-8)58-56(62(88)68-22-23-94(90,91)92)35(5)45(75-58)28-46(38)71-42)25-51(80)67-20-14-13-19-50-61(87)76-41(18-15-21-69-64(65)66)59(85)70-31-52(81)73-48(30-53(82)83)60(86)77-49(63(89)78(50)7)24-37-16-11-10-12-17-37/h10-12,16-17,27-29,32-33,38-39,41,48-50,72,75H,9,13-15,18-26,30-31H2,1-8H3,(H,67,80)(H,68,88)(H,70,85)(H,73,81)(H,76,87)(H,77,86)(H,82,83)(H4,65,66,69)(H,90,91,92)/t32-,33+,38-,39+,41+,48+,49-,50+/m1/s1. The number of aliphatic imine (C=N–C) groups is 1. The summed E-state index contributed by atoms with van der Waals surface area (Å²) in [5.74, 6) is -10.6. The van der Waals surface area contributed by atoms with Crippen LogP contribution in [0.2, 0.25) is 0 Å². The summed E-state index contributed by atoms with van der Waals surface area (Å²) < 4.78 is 38.5. The molecule has 1 aromatic carbocycles. The number of aliphatic carboxylic acids is 1. The van der Waals surface area contributed by atoms with E-state index in [2.05, 4.69) is 46.9 Å². The predicted octanol–water partition coefficient (Wildman–Crippen LogP) is 2.51. The summed E-state index contributed by atoms with van der Waals surface area (Å²) in [6.07, 6.45) is -0.622. The van der Waals surface area contributed by atoms with Crippen LogP contribution in [0.1, 0.15) is 168 Å². The number of nitrogens with one attached hydrogen (secondary N) is 8. The minimum atomic E-state index is -4.50. The molecular weight excluding hydrogens is 1240 g/mol. The quantitative estimate of drug-likeness (QED) is 0.0127. The number of aryl methyl sites for hydroxylation is 2. The van der Waals surface area contributed by atoms with E-state index < -0.39 is 131 Å². The Bertz CT molecular complexity index is 3900. The lowest BCUT2D eigenvalue weighted by molar-refractivity contribution is -0.143. The topological polar surface area (TPSA) is 452 Å². The fraction of sp³-hybridized carbons (Fsp3) is 0.484. The number of esters is 1. The highest BCUT2D eigenvalue weighted by atomic mass is 32.2. The van der Waals surface area contributed by atoms with Crippen LogP contribution in [0.15, 0.2) is 53.5 Å². The molecular formula is C64H84N14O15S. The molecule has 29 nitrogen and oxygen atoms in total. The van der Waals surface area contributed by atoms with Gasteiger partial charge in [0.25, 0.3) is 16.0 Å². The molecule has 4 aromatic rings. The van der Waals surface area contributed by atoms with E-state index in [-0.39, 0.29) is 104 Å². The first kappa shape index (κ1) is 71.9. The third-order valence-electron chi connectivity index (χ3n) is 17.4. The zero-order valence-electron chi connectivity index (χ0n) is 53.9. The van der Waals surface area contributed by atoms with E-state index in [9.17, 15) is 66.0 Å². The van der Waals surface area contributed by atoms with Gasteiger partial charge in [-0.05, 0) is 94.2 Å². The summed E-state index contributed by atoms with van der Waals surface area (Å²) in [6, 6.07) is 8.26. The number of benzene rings is 1. The van der Waals surface area contributed by atoms with Crippen LogP contribution in [0.3, 0.4) is 0 Å². The molecule has 6 heterocycles. The monoisotopic (exact) mass is 1320 g/mol. The third kappa shape index (κ3) is 18.2. The SMILES string of the molecule is CC[C@H]1c2cc3[nH]c(c(CC(=O)OC)c4nc(cc5[nH]c(cc(n2)[C@@H]1C)c(C(C)=O)c5C)[C@@H](C)[C@@H]4CC(=O)NCCCC[C@H]1C(=O)N[C@@H](CCCN=C(N)N)C(=O)NCC(=O)N[C@@H](CC(=O)O)C(=O)N[C@H](Cc2ccccc2)C(=O)N1C)c(C(=O)NCCS(=O)(=O)O)c3C. The number of ether oxygens (including phenoxy) is 1. The van der Waals surface area contributed by atoms with E-state index >= 15 is 0 Å². The number of Topliss-reactive ketones (excluding diaryl/α,β-unsaturated/α-hetero) is 1. The first-order valence-electron chi connectivity index (χ1n) is 31.1. The average molecular weight is 1320 g/mol. The summed E-state index contributed by atoms with van der Waals surface area (Å²) >= 11 is 0. The molecule has 3 aromatic heterocycles. The number of guanidine groups is 1. The number of rotatable bonds is 23. The number of ketones is 1. The van der Waals surface area contributed by atoms with Gasteiger partial charge in [-0.15, -0.1) is 0 Å². The highest BCUT2D eigenvalue weighted by molar-refractivity contribution is 7.85. The molecule has 1 fully saturated rings. The van der Waals surface area contributed by atoms with Crippen molar-refractivity contribution in [1.82, 2.24) is 56.7 Å². The maximum absolute atomic E-state index is 14.8. The van der Waals surface area contributed by atoms with Crippen molar-refractivity contribution in [2.45, 2.75) is 154 Å². The molecule has 0 saturated carbocycles. The largest absolute Gasteiger partial charge is 0.481 e. The van der Waals surface area contributed by atoms with Crippen molar-refractivity contribution in [1.29, 1.82) is 0 Å². The summed E-state index contributed by atoms with van der Waals surface area (Å²) in [5, 5.41) is 25.4. The van der Waals surface area contributed by atoms with Crippen LogP contribution < -0.4 is 43.4 Å². The van der Waals surface area contributed by atoms with Gasteiger partial charge >= 0.3 is 11.9 Å². The number of carbonyl (C=O) groups is 10. The molecule has 3 aliphatic rings. The Labute approximate surface area is 543 Å². The maximum atomic E-state index is 14.8. The molecule has 506 valence electrons. The molecule has 0 spiro atoms. The van der Waals surface area contributed by atoms with Crippen molar-refractivity contribution in [3.05, 3.63) is 105 Å². The Balaban J connectivity index is 1.26. The zero-order valence-corrected chi connectivity index (χ0v) is 54.7. The summed E-state index contributed by atoms with van der Waals surface area (Å²) in [4.78, 5) is 161. The molecule has 8 atom stereocenters. The van der Waals surface area contributed by atoms with Gasteiger partial charge in [0.15, 0.2) is 11.7 Å². The van der Waals surface area contributed by atoms with Gasteiger partial charge in [-0.25, -0.2) is 0 Å². The summed E-state index contributed by atoms with van der Waals surface area (Å²) in [7, 11) is -1.97. The second-order valence-electron chi connectivity index (χ2n) is 23.9. The van der Waals surface area contributed by atoms with Crippen LogP contribution in [-0.4, -0.2) is 178 Å². The van der Waals surface area contributed by atoms with E-state index in [1.165, 1.54) is 21.1 Å². The molecule has 7 rings (SSSR count). The number of aromatic nitrogens is 4. The van der Waals surface area contributed by atoms with Gasteiger partial charge in [-0.2, -0.15) is 8.42 Å². The van der Waals surface area contributed by atoms with Gasteiger partial charge in [0, 0.05) is 102 Å². The number of nitrogens with zero attached hydrogens (tertiary/aromatic N) is 4. The van der Waals surface area contributed by atoms with Gasteiger partial charge < -0.3 is 68.1 Å². The van der Waals surface area contributed by atoms with Crippen LogP contribution >= 0.6 is 0 Å². The molecule has 14 N–H and O–H groups in total. The number of unbranched alkanes of at least 4 members (excludes halogenated alkanes) is 1. The van der Waals surface area contributed by atoms with E-state index in [0.29, 0.717) is 62.3 Å². The second-order valence-corrected chi connectivity index (χ2v) is 25.5.